The molecule has 1 unspecified atom stereocenters. The van der Waals surface area contributed by atoms with Gasteiger partial charge in [-0.1, -0.05) is 64.9 Å². The van der Waals surface area contributed by atoms with Crippen molar-refractivity contribution in [2.75, 3.05) is 18.0 Å². The van der Waals surface area contributed by atoms with E-state index in [4.69, 9.17) is 23.2 Å². The molecule has 2 fully saturated rings. The second-order valence-electron chi connectivity index (χ2n) is 7.83. The molecule has 160 valence electrons. The number of carboxylic acids is 1. The molecule has 2 aliphatic rings. The summed E-state index contributed by atoms with van der Waals surface area (Å²) in [5.74, 6) is -0.646. The summed E-state index contributed by atoms with van der Waals surface area (Å²) in [5, 5.41) is 14.0. The van der Waals surface area contributed by atoms with Gasteiger partial charge in [0, 0.05) is 42.2 Å². The lowest BCUT2D eigenvalue weighted by Crippen LogP contribution is -2.34. The van der Waals surface area contributed by atoms with Crippen molar-refractivity contribution in [3.8, 4) is 11.3 Å². The number of aromatic amines is 1. The molecule has 10 heteroatoms. The molecular weight excluding hydrogens is 459 g/mol. The summed E-state index contributed by atoms with van der Waals surface area (Å²) in [4.78, 5) is 34.2. The number of aromatic nitrogens is 2. The number of hydrogen-bond acceptors (Lipinski definition) is 5. The van der Waals surface area contributed by atoms with Crippen LogP contribution in [0.5, 0.6) is 0 Å². The number of anilines is 1. The second kappa shape index (κ2) is 7.55. The molecule has 3 N–H and O–H groups in total. The van der Waals surface area contributed by atoms with E-state index in [-0.39, 0.29) is 27.5 Å². The zero-order chi connectivity index (χ0) is 21.9. The first-order chi connectivity index (χ1) is 14.8. The van der Waals surface area contributed by atoms with Crippen molar-refractivity contribution >= 4 is 51.5 Å². The Kier molecular flexibility index (Phi) is 4.96. The fourth-order valence-corrected chi connectivity index (χ4v) is 5.59. The first-order valence-electron chi connectivity index (χ1n) is 9.74. The summed E-state index contributed by atoms with van der Waals surface area (Å²) < 4.78 is 0. The number of thiazole rings is 1. The predicted octanol–water partition coefficient (Wildman–Crippen LogP) is 4.32. The molecule has 3 heterocycles. The average Bonchev–Trinajstić information content (AvgIpc) is 3.16. The van der Waals surface area contributed by atoms with Gasteiger partial charge in [0.15, 0.2) is 5.13 Å². The number of rotatable bonds is 5. The minimum absolute atomic E-state index is 0.0645. The van der Waals surface area contributed by atoms with Crippen LogP contribution in [0.4, 0.5) is 5.13 Å². The van der Waals surface area contributed by atoms with Crippen LogP contribution in [0.2, 0.25) is 10.0 Å². The molecule has 1 saturated heterocycles. The van der Waals surface area contributed by atoms with Gasteiger partial charge in [-0.15, -0.1) is 0 Å². The van der Waals surface area contributed by atoms with Crippen LogP contribution in [0, 0.1) is 18.8 Å². The standard InChI is InChI=1S/C21H18Cl2N4O3S/c1-9-13(22)14(23)17(24-9)19(28)25-16-11-7-27(8-12(11)16)21-26-15(18(31-21)20(29)30)10-5-3-2-4-6-10/h2-6,11-12,16,24H,7-8H2,1H3,(H,25,28)(H,29,30)/t11-,12+,16?. The first-order valence-corrected chi connectivity index (χ1v) is 11.3. The van der Waals surface area contributed by atoms with Gasteiger partial charge in [-0.25, -0.2) is 9.78 Å². The van der Waals surface area contributed by atoms with Crippen molar-refractivity contribution in [2.24, 2.45) is 11.8 Å². The Labute approximate surface area is 192 Å². The van der Waals surface area contributed by atoms with Gasteiger partial charge in [0.05, 0.1) is 15.7 Å². The fourth-order valence-electron chi connectivity index (χ4n) is 4.23. The van der Waals surface area contributed by atoms with E-state index in [1.165, 1.54) is 11.3 Å². The number of carbonyl (C=O) groups excluding carboxylic acids is 1. The summed E-state index contributed by atoms with van der Waals surface area (Å²) in [6.07, 6.45) is 0. The van der Waals surface area contributed by atoms with Crippen LogP contribution in [-0.2, 0) is 0 Å². The van der Waals surface area contributed by atoms with Crippen molar-refractivity contribution in [3.63, 3.8) is 0 Å². The molecule has 2 aromatic heterocycles. The van der Waals surface area contributed by atoms with E-state index in [0.29, 0.717) is 46.5 Å². The number of fused-ring (bicyclic) bond motifs is 1. The number of aromatic carboxylic acids is 1. The van der Waals surface area contributed by atoms with Gasteiger partial charge in [0.25, 0.3) is 5.91 Å². The van der Waals surface area contributed by atoms with Gasteiger partial charge in [-0.2, -0.15) is 0 Å². The lowest BCUT2D eigenvalue weighted by molar-refractivity contribution is 0.0702. The van der Waals surface area contributed by atoms with Crippen molar-refractivity contribution < 1.29 is 14.7 Å². The molecule has 0 bridgehead atoms. The number of piperidine rings is 1. The monoisotopic (exact) mass is 476 g/mol. The lowest BCUT2D eigenvalue weighted by Gasteiger charge is -2.19. The topological polar surface area (TPSA) is 98.3 Å². The molecule has 3 aromatic rings. The van der Waals surface area contributed by atoms with Crippen molar-refractivity contribution in [1.82, 2.24) is 15.3 Å². The van der Waals surface area contributed by atoms with Gasteiger partial charge >= 0.3 is 5.97 Å². The Morgan fingerprint density at radius 3 is 2.45 bits per heavy atom. The Balaban J connectivity index is 1.28. The largest absolute Gasteiger partial charge is 0.477 e. The van der Waals surface area contributed by atoms with E-state index in [2.05, 4.69) is 20.2 Å². The zero-order valence-corrected chi connectivity index (χ0v) is 18.7. The maximum atomic E-state index is 12.6. The highest BCUT2D eigenvalue weighted by Crippen LogP contribution is 2.48. The number of hydrogen-bond donors (Lipinski definition) is 3. The SMILES string of the molecule is Cc1[nH]c(C(=O)NC2[C@H]3CN(c4nc(-c5ccccc5)c(C(=O)O)s4)C[C@@H]23)c(Cl)c1Cl. The maximum absolute atomic E-state index is 12.6. The van der Waals surface area contributed by atoms with Crippen LogP contribution in [0.3, 0.4) is 0 Å². The molecule has 5 rings (SSSR count). The number of aryl methyl sites for hydroxylation is 1. The minimum atomic E-state index is -0.978. The number of carbonyl (C=O) groups is 2. The van der Waals surface area contributed by atoms with Gasteiger partial charge in [0.1, 0.15) is 10.6 Å². The molecule has 0 radical (unpaired) electrons. The molecule has 1 aromatic carbocycles. The number of halogens is 2. The molecule has 3 atom stereocenters. The average molecular weight is 477 g/mol. The predicted molar refractivity (Wildman–Crippen MR) is 121 cm³/mol. The Morgan fingerprint density at radius 1 is 1.19 bits per heavy atom. The normalized spacial score (nSPS) is 21.8. The quantitative estimate of drug-likeness (QED) is 0.509. The molecule has 7 nitrogen and oxygen atoms in total. The molecule has 1 amide bonds. The summed E-state index contributed by atoms with van der Waals surface area (Å²) >= 11 is 13.4. The Morgan fingerprint density at radius 2 is 1.87 bits per heavy atom. The number of benzene rings is 1. The summed E-state index contributed by atoms with van der Waals surface area (Å²) in [6.45, 7) is 3.20. The second-order valence-corrected chi connectivity index (χ2v) is 9.56. The third kappa shape index (κ3) is 3.48. The Bertz CT molecular complexity index is 1180. The van der Waals surface area contributed by atoms with Gasteiger partial charge in [-0.3, -0.25) is 4.79 Å². The molecule has 31 heavy (non-hydrogen) atoms. The van der Waals surface area contributed by atoms with Gasteiger partial charge in [0.2, 0.25) is 0 Å². The summed E-state index contributed by atoms with van der Waals surface area (Å²) in [6, 6.07) is 9.40. The molecule has 1 aliphatic carbocycles. The van der Waals surface area contributed by atoms with E-state index in [0.717, 1.165) is 5.56 Å². The third-order valence-electron chi connectivity index (χ3n) is 5.90. The molecular formula is C21H18Cl2N4O3S. The fraction of sp³-hybridized carbons (Fsp3) is 0.286. The smallest absolute Gasteiger partial charge is 0.348 e. The van der Waals surface area contributed by atoms with E-state index in [9.17, 15) is 14.7 Å². The summed E-state index contributed by atoms with van der Waals surface area (Å²) in [7, 11) is 0. The van der Waals surface area contributed by atoms with E-state index in [1.54, 1.807) is 6.92 Å². The van der Waals surface area contributed by atoms with E-state index in [1.807, 2.05) is 30.3 Å². The zero-order valence-electron chi connectivity index (χ0n) is 16.4. The first kappa shape index (κ1) is 20.4. The summed E-state index contributed by atoms with van der Waals surface area (Å²) in [5.41, 5.74) is 2.22. The highest BCUT2D eigenvalue weighted by atomic mass is 35.5. The molecule has 1 saturated carbocycles. The van der Waals surface area contributed by atoms with Crippen LogP contribution in [0.25, 0.3) is 11.3 Å². The molecule has 1 aliphatic heterocycles. The third-order valence-corrected chi connectivity index (χ3v) is 7.95. The van der Waals surface area contributed by atoms with Crippen molar-refractivity contribution in [2.45, 2.75) is 13.0 Å². The van der Waals surface area contributed by atoms with Gasteiger partial charge in [-0.05, 0) is 6.92 Å². The van der Waals surface area contributed by atoms with Crippen molar-refractivity contribution in [1.29, 1.82) is 0 Å². The number of nitrogens with zero attached hydrogens (tertiary/aromatic N) is 2. The highest BCUT2D eigenvalue weighted by Gasteiger charge is 2.57. The Hall–Kier alpha value is -2.55. The van der Waals surface area contributed by atoms with Crippen LogP contribution in [-0.4, -0.2) is 46.1 Å². The van der Waals surface area contributed by atoms with Crippen LogP contribution in [0.1, 0.15) is 25.9 Å². The van der Waals surface area contributed by atoms with E-state index < -0.39 is 5.97 Å². The van der Waals surface area contributed by atoms with Crippen LogP contribution >= 0.6 is 34.5 Å². The highest BCUT2D eigenvalue weighted by molar-refractivity contribution is 7.17. The minimum Gasteiger partial charge on any atom is -0.477 e. The van der Waals surface area contributed by atoms with Crippen LogP contribution < -0.4 is 10.2 Å². The number of nitrogens with one attached hydrogen (secondary N) is 2. The number of amides is 1. The lowest BCUT2D eigenvalue weighted by atomic mass is 10.1. The number of H-pyrrole nitrogens is 1. The van der Waals surface area contributed by atoms with Crippen LogP contribution in [0.15, 0.2) is 30.3 Å². The van der Waals surface area contributed by atoms with Crippen molar-refractivity contribution in [3.05, 3.63) is 56.6 Å². The molecule has 0 spiro atoms. The van der Waals surface area contributed by atoms with E-state index >= 15 is 0 Å². The van der Waals surface area contributed by atoms with Gasteiger partial charge < -0.3 is 20.3 Å². The maximum Gasteiger partial charge on any atom is 0.348 e. The number of carboxylic acid groups (broad SMARTS) is 1.